The van der Waals surface area contributed by atoms with Crippen LogP contribution in [0.3, 0.4) is 0 Å². The third-order valence-electron chi connectivity index (χ3n) is 1.86. The van der Waals surface area contributed by atoms with Gasteiger partial charge in [-0.05, 0) is 19.1 Å². The largest absolute Gasteiger partial charge is 0.478 e. The van der Waals surface area contributed by atoms with Crippen molar-refractivity contribution < 1.29 is 24.2 Å². The van der Waals surface area contributed by atoms with E-state index in [0.29, 0.717) is 0 Å². The van der Waals surface area contributed by atoms with Crippen LogP contribution in [0.2, 0.25) is 0 Å². The van der Waals surface area contributed by atoms with Gasteiger partial charge in [-0.25, -0.2) is 9.59 Å². The van der Waals surface area contributed by atoms with Crippen molar-refractivity contribution in [2.45, 2.75) is 6.92 Å². The van der Waals surface area contributed by atoms with Gasteiger partial charge in [0, 0.05) is 5.56 Å². The van der Waals surface area contributed by atoms with Crippen LogP contribution < -0.4 is 0 Å². The van der Waals surface area contributed by atoms with Crippen molar-refractivity contribution >= 4 is 17.7 Å². The molecular formula is C11H10O5. The molecule has 0 saturated heterocycles. The van der Waals surface area contributed by atoms with Gasteiger partial charge < -0.3 is 9.84 Å². The number of hydrogen-bond acceptors (Lipinski definition) is 4. The first-order valence-corrected chi connectivity index (χ1v) is 4.61. The number of aromatic carboxylic acids is 1. The first kappa shape index (κ1) is 11.9. The molecule has 0 spiro atoms. The Bertz CT molecular complexity index is 436. The zero-order valence-electron chi connectivity index (χ0n) is 8.60. The average molecular weight is 222 g/mol. The van der Waals surface area contributed by atoms with E-state index in [-0.39, 0.29) is 17.7 Å². The Labute approximate surface area is 91.6 Å². The molecule has 0 bridgehead atoms. The minimum Gasteiger partial charge on any atom is -0.478 e. The van der Waals surface area contributed by atoms with Crippen molar-refractivity contribution in [2.75, 3.05) is 6.61 Å². The van der Waals surface area contributed by atoms with Gasteiger partial charge in [0.2, 0.25) is 0 Å². The van der Waals surface area contributed by atoms with Gasteiger partial charge in [0.25, 0.3) is 5.78 Å². The van der Waals surface area contributed by atoms with Crippen molar-refractivity contribution in [2.24, 2.45) is 0 Å². The van der Waals surface area contributed by atoms with Crippen LogP contribution in [0, 0.1) is 0 Å². The number of ether oxygens (including phenoxy) is 1. The van der Waals surface area contributed by atoms with E-state index < -0.39 is 17.7 Å². The second-order valence-corrected chi connectivity index (χ2v) is 2.90. The lowest BCUT2D eigenvalue weighted by molar-refractivity contribution is -0.137. The van der Waals surface area contributed by atoms with Crippen LogP contribution in [0.25, 0.3) is 0 Å². The summed E-state index contributed by atoms with van der Waals surface area (Å²) in [7, 11) is 0. The first-order valence-electron chi connectivity index (χ1n) is 4.61. The Morgan fingerprint density at radius 3 is 2.25 bits per heavy atom. The topological polar surface area (TPSA) is 80.7 Å². The van der Waals surface area contributed by atoms with E-state index in [1.54, 1.807) is 6.92 Å². The summed E-state index contributed by atoms with van der Waals surface area (Å²) in [5.41, 5.74) is -0.367. The highest BCUT2D eigenvalue weighted by Gasteiger charge is 2.22. The van der Waals surface area contributed by atoms with Gasteiger partial charge in [-0.2, -0.15) is 0 Å². The van der Waals surface area contributed by atoms with Crippen molar-refractivity contribution in [1.82, 2.24) is 0 Å². The summed E-state index contributed by atoms with van der Waals surface area (Å²) >= 11 is 0. The number of benzene rings is 1. The molecule has 1 aromatic carbocycles. The highest BCUT2D eigenvalue weighted by molar-refractivity contribution is 6.41. The molecule has 1 N–H and O–H groups in total. The summed E-state index contributed by atoms with van der Waals surface area (Å²) in [4.78, 5) is 33.5. The van der Waals surface area contributed by atoms with Crippen molar-refractivity contribution in [3.05, 3.63) is 35.4 Å². The Kier molecular flexibility index (Phi) is 3.77. The molecule has 5 heteroatoms. The normalized spacial score (nSPS) is 9.56. The average Bonchev–Trinajstić information content (AvgIpc) is 2.28. The van der Waals surface area contributed by atoms with E-state index >= 15 is 0 Å². The molecule has 0 amide bonds. The number of esters is 1. The fourth-order valence-corrected chi connectivity index (χ4v) is 1.17. The van der Waals surface area contributed by atoms with E-state index in [9.17, 15) is 14.4 Å². The maximum Gasteiger partial charge on any atom is 0.379 e. The van der Waals surface area contributed by atoms with Crippen molar-refractivity contribution in [3.8, 4) is 0 Å². The standard InChI is InChI=1S/C11H10O5/c1-2-16-11(15)9(12)7-5-3-4-6-8(7)10(13)14/h3-6H,2H2,1H3,(H,13,14). The van der Waals surface area contributed by atoms with Crippen LogP contribution in [-0.2, 0) is 9.53 Å². The van der Waals surface area contributed by atoms with Crippen LogP contribution in [0.1, 0.15) is 27.6 Å². The predicted octanol–water partition coefficient (Wildman–Crippen LogP) is 1.13. The van der Waals surface area contributed by atoms with E-state index in [1.807, 2.05) is 0 Å². The first-order chi connectivity index (χ1) is 7.57. The molecule has 16 heavy (non-hydrogen) atoms. The lowest BCUT2D eigenvalue weighted by Crippen LogP contribution is -2.20. The molecule has 0 saturated carbocycles. The summed E-state index contributed by atoms with van der Waals surface area (Å²) in [5.74, 6) is -3.25. The van der Waals surface area contributed by atoms with Gasteiger partial charge in [0.1, 0.15) is 0 Å². The molecule has 0 aliphatic carbocycles. The number of Topliss-reactive ketones (excluding diaryl/α,β-unsaturated/α-hetero) is 1. The van der Waals surface area contributed by atoms with E-state index in [0.717, 1.165) is 0 Å². The van der Waals surface area contributed by atoms with Gasteiger partial charge in [0.05, 0.1) is 12.2 Å². The summed E-state index contributed by atoms with van der Waals surface area (Å²) < 4.78 is 4.51. The Balaban J connectivity index is 3.08. The third-order valence-corrected chi connectivity index (χ3v) is 1.86. The lowest BCUT2D eigenvalue weighted by Gasteiger charge is -2.03. The number of ketones is 1. The number of hydrogen-bond donors (Lipinski definition) is 1. The molecule has 84 valence electrons. The third kappa shape index (κ3) is 2.44. The molecule has 0 aliphatic heterocycles. The van der Waals surface area contributed by atoms with Crippen molar-refractivity contribution in [1.29, 1.82) is 0 Å². The van der Waals surface area contributed by atoms with Crippen LogP contribution in [0.5, 0.6) is 0 Å². The van der Waals surface area contributed by atoms with Crippen LogP contribution in [0.4, 0.5) is 0 Å². The predicted molar refractivity (Wildman–Crippen MR) is 54.4 cm³/mol. The zero-order chi connectivity index (χ0) is 12.1. The van der Waals surface area contributed by atoms with Crippen LogP contribution in [0.15, 0.2) is 24.3 Å². The highest BCUT2D eigenvalue weighted by Crippen LogP contribution is 2.10. The molecule has 0 radical (unpaired) electrons. The van der Waals surface area contributed by atoms with Gasteiger partial charge >= 0.3 is 11.9 Å². The molecule has 0 aromatic heterocycles. The Morgan fingerprint density at radius 2 is 1.75 bits per heavy atom. The molecular weight excluding hydrogens is 212 g/mol. The number of carboxylic acids is 1. The number of carbonyl (C=O) groups is 3. The molecule has 0 unspecified atom stereocenters. The van der Waals surface area contributed by atoms with Gasteiger partial charge in [-0.15, -0.1) is 0 Å². The molecule has 1 rings (SSSR count). The minimum absolute atomic E-state index is 0.0693. The molecule has 0 fully saturated rings. The smallest absolute Gasteiger partial charge is 0.379 e. The molecule has 0 heterocycles. The second-order valence-electron chi connectivity index (χ2n) is 2.90. The van der Waals surface area contributed by atoms with E-state index in [1.165, 1.54) is 24.3 Å². The highest BCUT2D eigenvalue weighted by atomic mass is 16.5. The van der Waals surface area contributed by atoms with Crippen LogP contribution >= 0.6 is 0 Å². The van der Waals surface area contributed by atoms with E-state index in [4.69, 9.17) is 5.11 Å². The van der Waals surface area contributed by atoms with Gasteiger partial charge in [-0.3, -0.25) is 4.79 Å². The maximum absolute atomic E-state index is 11.5. The quantitative estimate of drug-likeness (QED) is 0.469. The molecule has 5 nitrogen and oxygen atoms in total. The molecule has 0 atom stereocenters. The SMILES string of the molecule is CCOC(=O)C(=O)c1ccccc1C(=O)O. The Morgan fingerprint density at radius 1 is 1.19 bits per heavy atom. The summed E-state index contributed by atoms with van der Waals surface area (Å²) in [6.07, 6.45) is 0. The summed E-state index contributed by atoms with van der Waals surface area (Å²) in [6, 6.07) is 5.50. The lowest BCUT2D eigenvalue weighted by atomic mass is 10.0. The fourth-order valence-electron chi connectivity index (χ4n) is 1.17. The fraction of sp³-hybridized carbons (Fsp3) is 0.182. The van der Waals surface area contributed by atoms with Crippen molar-refractivity contribution in [3.63, 3.8) is 0 Å². The Hall–Kier alpha value is -2.17. The summed E-state index contributed by atoms with van der Waals surface area (Å²) in [6.45, 7) is 1.63. The number of carboxylic acid groups (broad SMARTS) is 1. The van der Waals surface area contributed by atoms with Gasteiger partial charge in [0.15, 0.2) is 0 Å². The maximum atomic E-state index is 11.5. The monoisotopic (exact) mass is 222 g/mol. The zero-order valence-corrected chi connectivity index (χ0v) is 8.60. The van der Waals surface area contributed by atoms with Gasteiger partial charge in [-0.1, -0.05) is 12.1 Å². The number of carbonyl (C=O) groups excluding carboxylic acids is 2. The van der Waals surface area contributed by atoms with E-state index in [2.05, 4.69) is 4.74 Å². The minimum atomic E-state index is -1.26. The van der Waals surface area contributed by atoms with Crippen LogP contribution in [-0.4, -0.2) is 29.4 Å². The molecule has 0 aliphatic rings. The summed E-state index contributed by atoms with van der Waals surface area (Å²) in [5, 5.41) is 8.82. The molecule has 1 aromatic rings. The number of rotatable bonds is 4. The second kappa shape index (κ2) is 5.06.